The maximum Gasteiger partial charge on any atom is 0.433 e. The molecule has 3 N–H and O–H groups in total. The van der Waals surface area contributed by atoms with E-state index >= 15 is 0 Å². The van der Waals surface area contributed by atoms with Gasteiger partial charge < -0.3 is 25.8 Å². The molecule has 282 valence electrons. The molecule has 0 spiro atoms. The van der Waals surface area contributed by atoms with Gasteiger partial charge in [-0.05, 0) is 84.5 Å². The number of hydrogen-bond acceptors (Lipinski definition) is 7. The molecule has 54 heavy (non-hydrogen) atoms. The molecule has 0 bridgehead atoms. The van der Waals surface area contributed by atoms with Crippen LogP contribution in [-0.2, 0) is 46.5 Å². The van der Waals surface area contributed by atoms with Gasteiger partial charge in [-0.15, -0.1) is 0 Å². The van der Waals surface area contributed by atoms with Gasteiger partial charge in [-0.2, -0.15) is 13.2 Å². The first-order valence-electron chi connectivity index (χ1n) is 17.9. The van der Waals surface area contributed by atoms with E-state index in [4.69, 9.17) is 0 Å². The molecule has 0 atom stereocenters. The first-order valence-corrected chi connectivity index (χ1v) is 17.9. The molecule has 2 aliphatic heterocycles. The number of aromatic nitrogens is 2. The van der Waals surface area contributed by atoms with Crippen LogP contribution < -0.4 is 16.0 Å². The van der Waals surface area contributed by atoms with Gasteiger partial charge in [0, 0.05) is 44.5 Å². The van der Waals surface area contributed by atoms with Crippen LogP contribution in [0.15, 0.2) is 79.0 Å². The minimum absolute atomic E-state index is 0.101. The Morgan fingerprint density at radius 2 is 1.69 bits per heavy atom. The van der Waals surface area contributed by atoms with Crippen molar-refractivity contribution in [2.75, 3.05) is 37.3 Å². The fraction of sp³-hybridized carbons (Fsp3) is 0.350. The number of benzene rings is 2. The molecule has 4 amide bonds. The van der Waals surface area contributed by atoms with Crippen LogP contribution in [0.5, 0.6) is 0 Å². The molecule has 0 unspecified atom stereocenters. The summed E-state index contributed by atoms with van der Waals surface area (Å²) in [5, 5.41) is 8.93. The van der Waals surface area contributed by atoms with Crippen LogP contribution >= 0.6 is 0 Å². The molecule has 14 heteroatoms. The van der Waals surface area contributed by atoms with E-state index in [1.165, 1.54) is 11.0 Å². The van der Waals surface area contributed by atoms with Crippen molar-refractivity contribution in [2.45, 2.75) is 58.3 Å². The van der Waals surface area contributed by atoms with Crippen LogP contribution in [0.3, 0.4) is 0 Å². The van der Waals surface area contributed by atoms with E-state index in [0.29, 0.717) is 30.9 Å². The van der Waals surface area contributed by atoms with Crippen molar-refractivity contribution >= 4 is 35.1 Å². The molecular formula is C40H42F3N7O4. The molecule has 2 aliphatic rings. The number of halogens is 3. The number of fused-ring (bicyclic) bond motifs is 2. The van der Waals surface area contributed by atoms with Gasteiger partial charge in [-0.25, -0.2) is 9.97 Å². The topological polar surface area (TPSA) is 137 Å². The van der Waals surface area contributed by atoms with E-state index in [-0.39, 0.29) is 62.9 Å². The summed E-state index contributed by atoms with van der Waals surface area (Å²) in [6.07, 6.45) is -1.46. The Hall–Kier alpha value is -5.63. The van der Waals surface area contributed by atoms with Crippen LogP contribution in [0.25, 0.3) is 0 Å². The maximum absolute atomic E-state index is 14.7. The monoisotopic (exact) mass is 741 g/mol. The number of rotatable bonds is 10. The number of pyridine rings is 2. The van der Waals surface area contributed by atoms with Crippen molar-refractivity contribution in [1.82, 2.24) is 25.1 Å². The third kappa shape index (κ3) is 8.60. The Morgan fingerprint density at radius 1 is 0.926 bits per heavy atom. The van der Waals surface area contributed by atoms with E-state index in [9.17, 15) is 32.3 Å². The zero-order chi connectivity index (χ0) is 38.5. The normalized spacial score (nSPS) is 15.2. The van der Waals surface area contributed by atoms with Crippen molar-refractivity contribution in [3.63, 3.8) is 0 Å². The summed E-state index contributed by atoms with van der Waals surface area (Å²) in [6.45, 7) is 2.60. The average molecular weight is 742 g/mol. The van der Waals surface area contributed by atoms with E-state index < -0.39 is 29.1 Å². The van der Waals surface area contributed by atoms with Crippen LogP contribution in [0.4, 0.5) is 24.7 Å². The number of likely N-dealkylation sites (tertiary alicyclic amines) is 1. The predicted octanol–water partition coefficient (Wildman–Crippen LogP) is 5.60. The van der Waals surface area contributed by atoms with Gasteiger partial charge in [-0.3, -0.25) is 19.2 Å². The van der Waals surface area contributed by atoms with Gasteiger partial charge >= 0.3 is 6.18 Å². The number of nitrogens with zero attached hydrogens (tertiary/aromatic N) is 4. The maximum atomic E-state index is 14.7. The van der Waals surface area contributed by atoms with E-state index in [1.807, 2.05) is 56.4 Å². The second-order valence-corrected chi connectivity index (χ2v) is 13.7. The Balaban J connectivity index is 1.21. The number of piperidine rings is 1. The number of nitrogens with one attached hydrogen (secondary N) is 3. The molecular weight excluding hydrogens is 699 g/mol. The summed E-state index contributed by atoms with van der Waals surface area (Å²) in [5.74, 6) is -0.994. The number of hydrogen-bond donors (Lipinski definition) is 3. The van der Waals surface area contributed by atoms with Crippen LogP contribution in [0.1, 0.15) is 70.2 Å². The van der Waals surface area contributed by atoms with Gasteiger partial charge in [0.1, 0.15) is 23.8 Å². The van der Waals surface area contributed by atoms with Crippen LogP contribution in [-0.4, -0.2) is 70.1 Å². The average Bonchev–Trinajstić information content (AvgIpc) is 3.15. The molecule has 0 aliphatic carbocycles. The summed E-state index contributed by atoms with van der Waals surface area (Å²) in [5.41, 5.74) is 2.52. The minimum atomic E-state index is -4.69. The van der Waals surface area contributed by atoms with Crippen LogP contribution in [0.2, 0.25) is 0 Å². The van der Waals surface area contributed by atoms with Crippen molar-refractivity contribution in [3.8, 4) is 0 Å². The predicted molar refractivity (Wildman–Crippen MR) is 196 cm³/mol. The highest BCUT2D eigenvalue weighted by atomic mass is 19.4. The zero-order valence-electron chi connectivity index (χ0n) is 30.1. The van der Waals surface area contributed by atoms with E-state index in [0.717, 1.165) is 39.9 Å². The number of amides is 4. The van der Waals surface area contributed by atoms with Crippen LogP contribution in [0, 0.1) is 5.41 Å². The molecule has 0 saturated carbocycles. The Bertz CT molecular complexity index is 2050. The van der Waals surface area contributed by atoms with Crippen molar-refractivity contribution in [1.29, 1.82) is 0 Å². The number of carbonyl (C=O) groups excluding carboxylic acids is 4. The fourth-order valence-corrected chi connectivity index (χ4v) is 7.21. The summed E-state index contributed by atoms with van der Waals surface area (Å²) in [7, 11) is 1.82. The number of carbonyl (C=O) groups is 4. The SMILES string of the molecule is CCC1(C(=O)N(CC(=O)Nc2ccc3c(c2)CC(=O)Nc2ncccc2C3)Cc2ccccc2CNC)CCN(C(=O)c2cccc(C(F)(F)F)n2)CC1. The number of alkyl halides is 3. The molecule has 2 aromatic heterocycles. The second-order valence-electron chi connectivity index (χ2n) is 13.7. The van der Waals surface area contributed by atoms with Gasteiger partial charge in [0.15, 0.2) is 0 Å². The summed E-state index contributed by atoms with van der Waals surface area (Å²) in [6, 6.07) is 20.0. The third-order valence-electron chi connectivity index (χ3n) is 10.2. The van der Waals surface area contributed by atoms with E-state index in [1.54, 1.807) is 23.2 Å². The van der Waals surface area contributed by atoms with Crippen molar-refractivity contribution in [2.24, 2.45) is 5.41 Å². The molecule has 2 aromatic carbocycles. The molecule has 4 heterocycles. The lowest BCUT2D eigenvalue weighted by Crippen LogP contribution is -2.52. The third-order valence-corrected chi connectivity index (χ3v) is 10.2. The van der Waals surface area contributed by atoms with Gasteiger partial charge in [0.2, 0.25) is 17.7 Å². The summed E-state index contributed by atoms with van der Waals surface area (Å²) < 4.78 is 39.9. The molecule has 0 radical (unpaired) electrons. The second kappa shape index (κ2) is 16.2. The highest BCUT2D eigenvalue weighted by molar-refractivity contribution is 5.97. The van der Waals surface area contributed by atoms with Crippen molar-refractivity contribution in [3.05, 3.63) is 118 Å². The lowest BCUT2D eigenvalue weighted by atomic mass is 9.74. The van der Waals surface area contributed by atoms with Gasteiger partial charge in [0.05, 0.1) is 11.8 Å². The first kappa shape index (κ1) is 38.1. The zero-order valence-corrected chi connectivity index (χ0v) is 30.1. The highest BCUT2D eigenvalue weighted by Crippen LogP contribution is 2.38. The number of anilines is 2. The van der Waals surface area contributed by atoms with Gasteiger partial charge in [0.25, 0.3) is 5.91 Å². The smallest absolute Gasteiger partial charge is 0.337 e. The Labute approximate surface area is 311 Å². The molecule has 6 rings (SSSR count). The Kier molecular flexibility index (Phi) is 11.4. The lowest BCUT2D eigenvalue weighted by molar-refractivity contribution is -0.148. The Morgan fingerprint density at radius 3 is 2.41 bits per heavy atom. The minimum Gasteiger partial charge on any atom is -0.337 e. The standard InChI is InChI=1S/C40H42F3N7O4/c1-3-39(15-18-49(19-16-39)37(53)32-11-6-12-33(47-32)40(41,42)43)38(54)50(24-29-9-5-4-8-28(29)23-44-2)25-35(52)46-31-14-13-26-20-27-10-7-17-45-36(27)48-34(51)22-30(26)21-31/h4-14,17,21,44H,3,15-16,18-20,22-25H2,1-2H3,(H,46,52)(H,45,48,51). The fourth-order valence-electron chi connectivity index (χ4n) is 7.21. The van der Waals surface area contributed by atoms with Gasteiger partial charge in [-0.1, -0.05) is 49.4 Å². The summed E-state index contributed by atoms with van der Waals surface area (Å²) >= 11 is 0. The molecule has 4 aromatic rings. The largest absolute Gasteiger partial charge is 0.433 e. The lowest BCUT2D eigenvalue weighted by Gasteiger charge is -2.42. The van der Waals surface area contributed by atoms with E-state index in [2.05, 4.69) is 25.9 Å². The molecule has 11 nitrogen and oxygen atoms in total. The highest BCUT2D eigenvalue weighted by Gasteiger charge is 2.44. The quantitative estimate of drug-likeness (QED) is 0.193. The van der Waals surface area contributed by atoms with Crippen molar-refractivity contribution < 1.29 is 32.3 Å². The summed E-state index contributed by atoms with van der Waals surface area (Å²) in [4.78, 5) is 65.3. The first-order chi connectivity index (χ1) is 25.9. The molecule has 1 saturated heterocycles. The molecule has 1 fully saturated rings.